The number of nitrogens with one attached hydrogen (secondary N) is 1. The molecule has 4 rings (SSSR count). The fourth-order valence-electron chi connectivity index (χ4n) is 2.88. The number of rotatable bonds is 4. The molecule has 3 N–H and O–H groups in total. The van der Waals surface area contributed by atoms with Crippen molar-refractivity contribution < 1.29 is 13.6 Å². The third kappa shape index (κ3) is 4.25. The van der Waals surface area contributed by atoms with Crippen LogP contribution in [0.15, 0.2) is 59.5 Å². The zero-order chi connectivity index (χ0) is 22.1. The monoisotopic (exact) mass is 504 g/mol. The van der Waals surface area contributed by atoms with E-state index in [0.717, 1.165) is 12.1 Å². The van der Waals surface area contributed by atoms with E-state index in [1.807, 2.05) is 0 Å². The zero-order valence-electron chi connectivity index (χ0n) is 15.5. The highest BCUT2D eigenvalue weighted by Gasteiger charge is 2.18. The van der Waals surface area contributed by atoms with Crippen molar-refractivity contribution in [3.8, 4) is 16.9 Å². The first-order valence-electron chi connectivity index (χ1n) is 8.71. The predicted molar refractivity (Wildman–Crippen MR) is 116 cm³/mol. The van der Waals surface area contributed by atoms with E-state index in [9.17, 15) is 13.6 Å². The Morgan fingerprint density at radius 1 is 1.10 bits per heavy atom. The quantitative estimate of drug-likeness (QED) is 0.386. The minimum absolute atomic E-state index is 0.143. The summed E-state index contributed by atoms with van der Waals surface area (Å²) in [7, 11) is 0. The van der Waals surface area contributed by atoms with Crippen LogP contribution in [-0.2, 0) is 0 Å². The normalized spacial score (nSPS) is 10.8. The van der Waals surface area contributed by atoms with Crippen molar-refractivity contribution in [2.45, 2.75) is 0 Å². The van der Waals surface area contributed by atoms with Gasteiger partial charge in [0, 0.05) is 21.3 Å². The van der Waals surface area contributed by atoms with Crippen molar-refractivity contribution in [1.82, 2.24) is 20.0 Å². The third-order valence-corrected chi connectivity index (χ3v) is 5.23. The molecule has 156 valence electrons. The molecular formula is C20H12BrClF2N6O. The molecule has 0 aliphatic carbocycles. The molecule has 0 saturated heterocycles. The first kappa shape index (κ1) is 20.9. The fraction of sp³-hybridized carbons (Fsp3) is 0. The van der Waals surface area contributed by atoms with Crippen LogP contribution in [0.3, 0.4) is 0 Å². The largest absolute Gasteiger partial charge is 0.398 e. The molecule has 31 heavy (non-hydrogen) atoms. The number of halogens is 4. The minimum Gasteiger partial charge on any atom is -0.398 e. The van der Waals surface area contributed by atoms with Gasteiger partial charge in [-0.3, -0.25) is 4.79 Å². The Morgan fingerprint density at radius 2 is 1.84 bits per heavy atom. The Balaban J connectivity index is 1.61. The molecule has 0 fully saturated rings. The van der Waals surface area contributed by atoms with E-state index < -0.39 is 17.5 Å². The molecule has 0 radical (unpaired) electrons. The van der Waals surface area contributed by atoms with Crippen LogP contribution >= 0.6 is 27.5 Å². The van der Waals surface area contributed by atoms with Crippen LogP contribution in [0.1, 0.15) is 10.4 Å². The van der Waals surface area contributed by atoms with Crippen molar-refractivity contribution in [2.24, 2.45) is 0 Å². The number of carbonyl (C=O) groups excluding carboxylic acids is 1. The van der Waals surface area contributed by atoms with Gasteiger partial charge in [-0.2, -0.15) is 10.2 Å². The van der Waals surface area contributed by atoms with Crippen molar-refractivity contribution in [3.63, 3.8) is 0 Å². The second-order valence-electron chi connectivity index (χ2n) is 6.35. The molecule has 0 aliphatic rings. The van der Waals surface area contributed by atoms with E-state index >= 15 is 0 Å². The summed E-state index contributed by atoms with van der Waals surface area (Å²) in [5.74, 6) is -1.72. The number of carbonyl (C=O) groups is 1. The topological polar surface area (TPSA) is 98.7 Å². The lowest BCUT2D eigenvalue weighted by atomic mass is 10.0. The van der Waals surface area contributed by atoms with Gasteiger partial charge in [-0.05, 0) is 36.4 Å². The number of benzene rings is 2. The molecule has 2 aromatic heterocycles. The fourth-order valence-corrected chi connectivity index (χ4v) is 3.67. The summed E-state index contributed by atoms with van der Waals surface area (Å²) in [5.41, 5.74) is 6.84. The van der Waals surface area contributed by atoms with Crippen molar-refractivity contribution in [1.29, 1.82) is 0 Å². The SMILES string of the molecule is Nc1cc(F)ccc1-c1cc(F)c(C(=O)Nc2cnc(-n3nccn3)c(Cl)c2)cc1Br. The molecule has 2 aromatic carbocycles. The molecule has 4 aromatic rings. The molecular weight excluding hydrogens is 494 g/mol. The van der Waals surface area contributed by atoms with E-state index in [1.165, 1.54) is 47.7 Å². The van der Waals surface area contributed by atoms with E-state index in [0.29, 0.717) is 15.6 Å². The highest BCUT2D eigenvalue weighted by molar-refractivity contribution is 9.10. The highest BCUT2D eigenvalue weighted by atomic mass is 79.9. The van der Waals surface area contributed by atoms with E-state index in [4.69, 9.17) is 17.3 Å². The summed E-state index contributed by atoms with van der Waals surface area (Å²) in [6, 6.07) is 7.72. The van der Waals surface area contributed by atoms with Gasteiger partial charge < -0.3 is 11.1 Å². The minimum atomic E-state index is -0.782. The first-order valence-corrected chi connectivity index (χ1v) is 9.88. The maximum atomic E-state index is 14.8. The lowest BCUT2D eigenvalue weighted by molar-refractivity contribution is 0.102. The standard InChI is InChI=1S/C20H12BrClF2N6O/c21-15-7-14(17(24)8-13(15)12-2-1-10(23)5-18(12)25)20(31)29-11-6-16(22)19(26-9-11)30-27-3-4-28-30/h1-9H,25H2,(H,29,31). The Bertz CT molecular complexity index is 1300. The number of nitrogen functional groups attached to an aromatic ring is 1. The predicted octanol–water partition coefficient (Wildman–Crippen LogP) is 4.86. The van der Waals surface area contributed by atoms with Crippen LogP contribution in [0, 0.1) is 11.6 Å². The number of nitrogens with two attached hydrogens (primary N) is 1. The van der Waals surface area contributed by atoms with E-state index in [1.54, 1.807) is 0 Å². The lowest BCUT2D eigenvalue weighted by Gasteiger charge is -2.12. The molecule has 0 bridgehead atoms. The van der Waals surface area contributed by atoms with Crippen LogP contribution in [0.2, 0.25) is 5.02 Å². The molecule has 1 amide bonds. The summed E-state index contributed by atoms with van der Waals surface area (Å²) in [6.45, 7) is 0. The van der Waals surface area contributed by atoms with E-state index in [2.05, 4.69) is 36.4 Å². The van der Waals surface area contributed by atoms with Crippen molar-refractivity contribution in [2.75, 3.05) is 11.1 Å². The summed E-state index contributed by atoms with van der Waals surface area (Å²) in [6.07, 6.45) is 4.29. The molecule has 0 saturated carbocycles. The van der Waals surface area contributed by atoms with Gasteiger partial charge in [0.2, 0.25) is 0 Å². The second kappa shape index (κ2) is 8.40. The summed E-state index contributed by atoms with van der Waals surface area (Å²) < 4.78 is 28.5. The van der Waals surface area contributed by atoms with Gasteiger partial charge in [-0.15, -0.1) is 4.80 Å². The highest BCUT2D eigenvalue weighted by Crippen LogP contribution is 2.34. The molecule has 0 aliphatic heterocycles. The maximum Gasteiger partial charge on any atom is 0.258 e. The zero-order valence-corrected chi connectivity index (χ0v) is 17.8. The van der Waals surface area contributed by atoms with Crippen LogP contribution in [0.25, 0.3) is 16.9 Å². The lowest BCUT2D eigenvalue weighted by Crippen LogP contribution is -2.15. The van der Waals surface area contributed by atoms with Gasteiger partial charge in [-0.25, -0.2) is 13.8 Å². The number of hydrogen-bond donors (Lipinski definition) is 2. The van der Waals surface area contributed by atoms with Crippen molar-refractivity contribution >= 4 is 44.8 Å². The average molecular weight is 506 g/mol. The molecule has 0 atom stereocenters. The van der Waals surface area contributed by atoms with E-state index in [-0.39, 0.29) is 27.8 Å². The van der Waals surface area contributed by atoms with Crippen LogP contribution < -0.4 is 11.1 Å². The maximum absolute atomic E-state index is 14.8. The summed E-state index contributed by atoms with van der Waals surface area (Å²) in [5, 5.41) is 10.6. The average Bonchev–Trinajstić information content (AvgIpc) is 3.24. The number of anilines is 2. The molecule has 0 unspecified atom stereocenters. The summed E-state index contributed by atoms with van der Waals surface area (Å²) in [4.78, 5) is 18.0. The van der Waals surface area contributed by atoms with Crippen LogP contribution in [-0.4, -0.2) is 25.9 Å². The molecule has 7 nitrogen and oxygen atoms in total. The molecule has 0 spiro atoms. The number of hydrogen-bond acceptors (Lipinski definition) is 5. The Hall–Kier alpha value is -3.37. The van der Waals surface area contributed by atoms with Crippen LogP contribution in [0.4, 0.5) is 20.2 Å². The van der Waals surface area contributed by atoms with Crippen LogP contribution in [0.5, 0.6) is 0 Å². The third-order valence-electron chi connectivity index (χ3n) is 4.29. The number of pyridine rings is 1. The Kier molecular flexibility index (Phi) is 5.66. The number of nitrogens with zero attached hydrogens (tertiary/aromatic N) is 4. The Morgan fingerprint density at radius 3 is 2.52 bits per heavy atom. The molecule has 2 heterocycles. The van der Waals surface area contributed by atoms with Gasteiger partial charge in [-0.1, -0.05) is 27.5 Å². The number of aromatic nitrogens is 4. The second-order valence-corrected chi connectivity index (χ2v) is 7.61. The number of amides is 1. The van der Waals surface area contributed by atoms with Gasteiger partial charge in [0.25, 0.3) is 5.91 Å². The molecule has 11 heteroatoms. The van der Waals surface area contributed by atoms with Gasteiger partial charge in [0.1, 0.15) is 11.6 Å². The smallest absolute Gasteiger partial charge is 0.258 e. The van der Waals surface area contributed by atoms with Gasteiger partial charge >= 0.3 is 0 Å². The van der Waals surface area contributed by atoms with Crippen molar-refractivity contribution in [3.05, 3.63) is 81.7 Å². The Labute approximate surface area is 188 Å². The first-order chi connectivity index (χ1) is 14.8. The van der Waals surface area contributed by atoms with Gasteiger partial charge in [0.05, 0.1) is 34.9 Å². The van der Waals surface area contributed by atoms with Gasteiger partial charge in [0.15, 0.2) is 5.82 Å². The summed E-state index contributed by atoms with van der Waals surface area (Å²) >= 11 is 9.51.